The van der Waals surface area contributed by atoms with Gasteiger partial charge in [-0.2, -0.15) is 0 Å². The number of carbonyl (C=O) groups excluding carboxylic acids is 1. The number of carbonyl (C=O) groups is 1. The van der Waals surface area contributed by atoms with Crippen LogP contribution >= 0.6 is 0 Å². The second-order valence-corrected chi connectivity index (χ2v) is 4.66. The van der Waals surface area contributed by atoms with Crippen molar-refractivity contribution in [2.24, 2.45) is 0 Å². The summed E-state index contributed by atoms with van der Waals surface area (Å²) in [7, 11) is 0.145. The highest BCUT2D eigenvalue weighted by atomic mass is 32.2. The lowest BCUT2D eigenvalue weighted by molar-refractivity contribution is -0.137. The molecule has 0 spiro atoms. The Morgan fingerprint density at radius 1 is 1.69 bits per heavy atom. The van der Waals surface area contributed by atoms with Gasteiger partial charge in [-0.3, -0.25) is 9.00 Å². The Labute approximate surface area is 80.1 Å². The minimum absolute atomic E-state index is 0.00881. The average Bonchev–Trinajstić information content (AvgIpc) is 2.51. The molecule has 0 bridgehead atoms. The molecule has 13 heavy (non-hydrogen) atoms. The van der Waals surface area contributed by atoms with Gasteiger partial charge < -0.3 is 9.47 Å². The summed E-state index contributed by atoms with van der Waals surface area (Å²) in [5.41, 5.74) is 0. The van der Waals surface area contributed by atoms with Gasteiger partial charge in [-0.25, -0.2) is 0 Å². The molecule has 0 amide bonds. The van der Waals surface area contributed by atoms with E-state index in [1.807, 2.05) is 6.92 Å². The van der Waals surface area contributed by atoms with Crippen LogP contribution in [-0.4, -0.2) is 41.0 Å². The van der Waals surface area contributed by atoms with E-state index in [-0.39, 0.29) is 17.1 Å². The minimum atomic E-state index is -1.15. The van der Waals surface area contributed by atoms with Gasteiger partial charge in [-0.1, -0.05) is 0 Å². The minimum Gasteiger partial charge on any atom is -0.468 e. The van der Waals surface area contributed by atoms with Crippen LogP contribution in [0.25, 0.3) is 0 Å². The maximum absolute atomic E-state index is 11.6. The van der Waals surface area contributed by atoms with E-state index in [1.165, 1.54) is 7.11 Å². The summed E-state index contributed by atoms with van der Waals surface area (Å²) in [6.45, 7) is 2.52. The van der Waals surface area contributed by atoms with Crippen molar-refractivity contribution in [3.8, 4) is 0 Å². The van der Waals surface area contributed by atoms with Crippen LogP contribution in [0.4, 0.5) is 0 Å². The number of ether oxygens (including phenoxy) is 2. The maximum atomic E-state index is 11.6. The molecular formula is C8H14O4S. The van der Waals surface area contributed by atoms with Crippen molar-refractivity contribution >= 4 is 16.8 Å². The first kappa shape index (κ1) is 10.7. The summed E-state index contributed by atoms with van der Waals surface area (Å²) >= 11 is 0. The average molecular weight is 206 g/mol. The highest BCUT2D eigenvalue weighted by Gasteiger charge is 2.30. The predicted molar refractivity (Wildman–Crippen MR) is 48.8 cm³/mol. The first-order valence-electron chi connectivity index (χ1n) is 4.20. The van der Waals surface area contributed by atoms with Crippen molar-refractivity contribution in [3.05, 3.63) is 0 Å². The van der Waals surface area contributed by atoms with Crippen LogP contribution in [0.2, 0.25) is 0 Å². The van der Waals surface area contributed by atoms with Gasteiger partial charge in [-0.15, -0.1) is 0 Å². The number of hydrogen-bond acceptors (Lipinski definition) is 4. The zero-order chi connectivity index (χ0) is 9.84. The molecule has 5 heteroatoms. The van der Waals surface area contributed by atoms with Crippen LogP contribution in [0.1, 0.15) is 13.3 Å². The maximum Gasteiger partial charge on any atom is 0.318 e. The Bertz CT molecular complexity index is 216. The van der Waals surface area contributed by atoms with E-state index in [9.17, 15) is 9.00 Å². The Hall–Kier alpha value is -0.420. The highest BCUT2D eigenvalue weighted by molar-refractivity contribution is 7.86. The molecule has 1 fully saturated rings. The van der Waals surface area contributed by atoms with Crippen LogP contribution in [0.3, 0.4) is 0 Å². The fraction of sp³-hybridized carbons (Fsp3) is 0.875. The SMILES string of the molecule is COC(=O)CS(=O)C1CCOC1C. The highest BCUT2D eigenvalue weighted by Crippen LogP contribution is 2.18. The third-order valence-corrected chi connectivity index (χ3v) is 3.95. The monoisotopic (exact) mass is 206 g/mol. The molecule has 1 aliphatic heterocycles. The van der Waals surface area contributed by atoms with E-state index < -0.39 is 16.8 Å². The summed E-state index contributed by atoms with van der Waals surface area (Å²) < 4.78 is 21.3. The second-order valence-electron chi connectivity index (χ2n) is 3.00. The Kier molecular flexibility index (Phi) is 3.87. The van der Waals surface area contributed by atoms with Gasteiger partial charge in [0.2, 0.25) is 0 Å². The normalized spacial score (nSPS) is 30.0. The molecule has 1 aliphatic rings. The standard InChI is InChI=1S/C8H14O4S/c1-6-7(3-4-12-6)13(10)5-8(9)11-2/h6-7H,3-5H2,1-2H3. The zero-order valence-corrected chi connectivity index (χ0v) is 8.63. The molecule has 4 nitrogen and oxygen atoms in total. The Balaban J connectivity index is 2.43. The summed E-state index contributed by atoms with van der Waals surface area (Å²) in [6, 6.07) is 0. The molecule has 0 N–H and O–H groups in total. The van der Waals surface area contributed by atoms with Crippen LogP contribution in [-0.2, 0) is 25.1 Å². The molecular weight excluding hydrogens is 192 g/mol. The molecule has 0 saturated carbocycles. The lowest BCUT2D eigenvalue weighted by Gasteiger charge is -2.12. The fourth-order valence-electron chi connectivity index (χ4n) is 1.34. The lowest BCUT2D eigenvalue weighted by Crippen LogP contribution is -2.28. The van der Waals surface area contributed by atoms with Crippen LogP contribution in [0.15, 0.2) is 0 Å². The second kappa shape index (κ2) is 4.72. The van der Waals surface area contributed by atoms with E-state index >= 15 is 0 Å². The summed E-state index contributed by atoms with van der Waals surface area (Å²) in [5.74, 6) is -0.438. The molecule has 76 valence electrons. The van der Waals surface area contributed by atoms with Crippen LogP contribution in [0.5, 0.6) is 0 Å². The van der Waals surface area contributed by atoms with E-state index in [0.717, 1.165) is 6.42 Å². The zero-order valence-electron chi connectivity index (χ0n) is 7.82. The van der Waals surface area contributed by atoms with E-state index in [0.29, 0.717) is 6.61 Å². The van der Waals surface area contributed by atoms with Gasteiger partial charge in [0.25, 0.3) is 0 Å². The molecule has 1 saturated heterocycles. The molecule has 3 atom stereocenters. The van der Waals surface area contributed by atoms with Crippen molar-refractivity contribution in [1.82, 2.24) is 0 Å². The van der Waals surface area contributed by atoms with Crippen LogP contribution in [0, 0.1) is 0 Å². The molecule has 1 rings (SSSR count). The van der Waals surface area contributed by atoms with Crippen molar-refractivity contribution in [1.29, 1.82) is 0 Å². The van der Waals surface area contributed by atoms with Gasteiger partial charge in [0, 0.05) is 17.4 Å². The smallest absolute Gasteiger partial charge is 0.318 e. The fourth-order valence-corrected chi connectivity index (χ4v) is 2.77. The van der Waals surface area contributed by atoms with Gasteiger partial charge in [0.05, 0.1) is 18.5 Å². The first-order chi connectivity index (χ1) is 6.15. The predicted octanol–water partition coefficient (Wildman–Crippen LogP) is 0.0855. The Morgan fingerprint density at radius 2 is 2.38 bits per heavy atom. The van der Waals surface area contributed by atoms with E-state index in [1.54, 1.807) is 0 Å². The molecule has 0 aliphatic carbocycles. The topological polar surface area (TPSA) is 52.6 Å². The first-order valence-corrected chi connectivity index (χ1v) is 5.59. The molecule has 0 aromatic rings. The summed E-state index contributed by atoms with van der Waals surface area (Å²) in [5, 5.41) is -0.0147. The molecule has 1 heterocycles. The van der Waals surface area contributed by atoms with E-state index in [2.05, 4.69) is 4.74 Å². The lowest BCUT2D eigenvalue weighted by atomic mass is 10.3. The van der Waals surface area contributed by atoms with Crippen molar-refractivity contribution in [2.75, 3.05) is 19.5 Å². The van der Waals surface area contributed by atoms with Gasteiger partial charge in [0.15, 0.2) is 0 Å². The van der Waals surface area contributed by atoms with Gasteiger partial charge >= 0.3 is 5.97 Å². The number of esters is 1. The van der Waals surface area contributed by atoms with E-state index in [4.69, 9.17) is 4.74 Å². The van der Waals surface area contributed by atoms with Crippen molar-refractivity contribution < 1.29 is 18.5 Å². The quantitative estimate of drug-likeness (QED) is 0.614. The van der Waals surface area contributed by atoms with Crippen LogP contribution < -0.4 is 0 Å². The Morgan fingerprint density at radius 3 is 2.85 bits per heavy atom. The molecule has 0 aromatic heterocycles. The summed E-state index contributed by atoms with van der Waals surface area (Å²) in [6.07, 6.45) is 0.760. The largest absolute Gasteiger partial charge is 0.468 e. The van der Waals surface area contributed by atoms with Gasteiger partial charge in [0.1, 0.15) is 5.75 Å². The van der Waals surface area contributed by atoms with Gasteiger partial charge in [-0.05, 0) is 13.3 Å². The third kappa shape index (κ3) is 2.77. The third-order valence-electron chi connectivity index (χ3n) is 2.13. The number of methoxy groups -OCH3 is 1. The number of rotatable bonds is 3. The molecule has 0 radical (unpaired) electrons. The summed E-state index contributed by atoms with van der Waals surface area (Å²) in [4.78, 5) is 10.8. The van der Waals surface area contributed by atoms with Crippen molar-refractivity contribution in [3.63, 3.8) is 0 Å². The molecule has 3 unspecified atom stereocenters. The molecule has 0 aromatic carbocycles. The number of hydrogen-bond donors (Lipinski definition) is 0. The van der Waals surface area contributed by atoms with Crippen molar-refractivity contribution in [2.45, 2.75) is 24.7 Å².